The fraction of sp³-hybridized carbons (Fsp3) is 0.278. The minimum Gasteiger partial charge on any atom is -0.479 e. The summed E-state index contributed by atoms with van der Waals surface area (Å²) in [6.45, 7) is 2.80. The topological polar surface area (TPSA) is 105 Å². The zero-order valence-corrected chi connectivity index (χ0v) is 15.8. The van der Waals surface area contributed by atoms with Crippen molar-refractivity contribution in [3.05, 3.63) is 52.2 Å². The van der Waals surface area contributed by atoms with Crippen molar-refractivity contribution in [2.24, 2.45) is 0 Å². The number of aryl methyl sites for hydroxylation is 1. The van der Waals surface area contributed by atoms with E-state index in [0.717, 1.165) is 17.4 Å². The summed E-state index contributed by atoms with van der Waals surface area (Å²) in [5.41, 5.74) is -0.879. The van der Waals surface area contributed by atoms with E-state index in [9.17, 15) is 23.9 Å². The Morgan fingerprint density at radius 1 is 1.26 bits per heavy atom. The van der Waals surface area contributed by atoms with Gasteiger partial charge in [0.05, 0.1) is 16.5 Å². The van der Waals surface area contributed by atoms with Crippen molar-refractivity contribution in [2.75, 3.05) is 19.0 Å². The van der Waals surface area contributed by atoms with Crippen molar-refractivity contribution in [3.8, 4) is 0 Å². The normalized spacial score (nSPS) is 12.9. The van der Waals surface area contributed by atoms with Crippen molar-refractivity contribution in [3.63, 3.8) is 0 Å². The second-order valence-electron chi connectivity index (χ2n) is 6.11. The van der Waals surface area contributed by atoms with Crippen molar-refractivity contribution in [1.82, 2.24) is 5.32 Å². The monoisotopic (exact) mass is 394 g/mol. The van der Waals surface area contributed by atoms with Gasteiger partial charge in [-0.1, -0.05) is 6.07 Å². The molecule has 144 valence electrons. The van der Waals surface area contributed by atoms with Crippen LogP contribution in [0.3, 0.4) is 0 Å². The molecule has 1 unspecified atom stereocenters. The number of halogens is 1. The molecule has 7 nitrogen and oxygen atoms in total. The quantitative estimate of drug-likeness (QED) is 0.670. The van der Waals surface area contributed by atoms with Crippen LogP contribution < -0.4 is 10.6 Å². The van der Waals surface area contributed by atoms with Crippen LogP contribution in [0.5, 0.6) is 0 Å². The Bertz CT molecular complexity index is 882. The summed E-state index contributed by atoms with van der Waals surface area (Å²) in [7, 11) is 1.34. The van der Waals surface area contributed by atoms with Gasteiger partial charge >= 0.3 is 5.97 Å². The number of carboxylic acids is 1. The predicted octanol–water partition coefficient (Wildman–Crippen LogP) is 2.67. The Kier molecular flexibility index (Phi) is 6.29. The second kappa shape index (κ2) is 8.28. The molecule has 0 aliphatic rings. The average Bonchev–Trinajstić information content (AvgIpc) is 2.95. The average molecular weight is 394 g/mol. The molecule has 1 aromatic carbocycles. The highest BCUT2D eigenvalue weighted by Crippen LogP contribution is 2.27. The number of carbonyl (C=O) groups is 3. The summed E-state index contributed by atoms with van der Waals surface area (Å²) in [6, 6.07) is 6.81. The van der Waals surface area contributed by atoms with Crippen molar-refractivity contribution in [1.29, 1.82) is 0 Å². The molecular weight excluding hydrogens is 375 g/mol. The minimum atomic E-state index is -1.59. The first-order valence-electron chi connectivity index (χ1n) is 7.88. The molecule has 2 amide bonds. The molecule has 0 aliphatic carbocycles. The van der Waals surface area contributed by atoms with Gasteiger partial charge in [0.25, 0.3) is 11.8 Å². The third kappa shape index (κ3) is 4.89. The lowest BCUT2D eigenvalue weighted by atomic mass is 10.0. The van der Waals surface area contributed by atoms with E-state index in [1.54, 1.807) is 13.0 Å². The molecule has 1 aromatic heterocycles. The molecule has 0 fully saturated rings. The highest BCUT2D eigenvalue weighted by atomic mass is 32.1. The van der Waals surface area contributed by atoms with Crippen LogP contribution in [0, 0.1) is 12.7 Å². The minimum absolute atomic E-state index is 0.144. The number of amides is 2. The van der Waals surface area contributed by atoms with Crippen LogP contribution in [0.25, 0.3) is 0 Å². The maximum absolute atomic E-state index is 13.2. The van der Waals surface area contributed by atoms with Gasteiger partial charge < -0.3 is 20.5 Å². The molecule has 0 saturated heterocycles. The number of anilines is 1. The number of ether oxygens (including phenoxy) is 1. The predicted molar refractivity (Wildman–Crippen MR) is 98.8 cm³/mol. The SMILES string of the molecule is COCC(C)(NC(=O)c1sc(NC(=O)c2cccc(F)c2)cc1C)C(=O)O. The number of carbonyl (C=O) groups excluding carboxylic acids is 2. The van der Waals surface area contributed by atoms with Crippen LogP contribution in [-0.4, -0.2) is 42.1 Å². The van der Waals surface area contributed by atoms with Crippen molar-refractivity contribution in [2.45, 2.75) is 19.4 Å². The summed E-state index contributed by atoms with van der Waals surface area (Å²) in [5, 5.41) is 14.8. The largest absolute Gasteiger partial charge is 0.479 e. The summed E-state index contributed by atoms with van der Waals surface area (Å²) in [5.74, 6) is -2.87. The second-order valence-corrected chi connectivity index (χ2v) is 7.16. The van der Waals surface area contributed by atoms with E-state index in [1.807, 2.05) is 0 Å². The number of nitrogens with one attached hydrogen (secondary N) is 2. The van der Waals surface area contributed by atoms with Crippen LogP contribution in [0.1, 0.15) is 32.5 Å². The Labute approximate surface area is 159 Å². The van der Waals surface area contributed by atoms with E-state index < -0.39 is 29.1 Å². The zero-order valence-electron chi connectivity index (χ0n) is 15.0. The third-order valence-electron chi connectivity index (χ3n) is 3.74. The molecular formula is C18H19FN2O5S. The summed E-state index contributed by atoms with van der Waals surface area (Å²) in [4.78, 5) is 36.4. The van der Waals surface area contributed by atoms with E-state index >= 15 is 0 Å². The molecule has 0 spiro atoms. The molecule has 9 heteroatoms. The summed E-state index contributed by atoms with van der Waals surface area (Å²) in [6.07, 6.45) is 0. The number of aliphatic carboxylic acids is 1. The number of rotatable bonds is 7. The molecule has 0 saturated carbocycles. The molecule has 0 bridgehead atoms. The van der Waals surface area contributed by atoms with Crippen molar-refractivity contribution >= 4 is 34.1 Å². The highest BCUT2D eigenvalue weighted by molar-refractivity contribution is 7.18. The molecule has 2 rings (SSSR count). The maximum atomic E-state index is 13.2. The van der Waals surface area contributed by atoms with Crippen molar-refractivity contribution < 1.29 is 28.6 Å². The van der Waals surface area contributed by atoms with E-state index in [2.05, 4.69) is 10.6 Å². The van der Waals surface area contributed by atoms with Gasteiger partial charge in [-0.25, -0.2) is 9.18 Å². The smallest absolute Gasteiger partial charge is 0.331 e. The first-order valence-corrected chi connectivity index (χ1v) is 8.70. The van der Waals surface area contributed by atoms with Gasteiger partial charge in [-0.2, -0.15) is 0 Å². The molecule has 1 atom stereocenters. The fourth-order valence-corrected chi connectivity index (χ4v) is 3.29. The summed E-state index contributed by atoms with van der Waals surface area (Å²) >= 11 is 0.994. The number of thiophene rings is 1. The number of hydrogen-bond acceptors (Lipinski definition) is 5. The van der Waals surface area contributed by atoms with Crippen LogP contribution in [-0.2, 0) is 9.53 Å². The Morgan fingerprint density at radius 3 is 2.56 bits per heavy atom. The number of carboxylic acid groups (broad SMARTS) is 1. The number of methoxy groups -OCH3 is 1. The molecule has 0 radical (unpaired) electrons. The van der Waals surface area contributed by atoms with Gasteiger partial charge in [0.1, 0.15) is 5.82 Å². The van der Waals surface area contributed by atoms with Crippen LogP contribution in [0.15, 0.2) is 30.3 Å². The maximum Gasteiger partial charge on any atom is 0.331 e. The van der Waals surface area contributed by atoms with Crippen LogP contribution in [0.4, 0.5) is 9.39 Å². The van der Waals surface area contributed by atoms with Crippen LogP contribution >= 0.6 is 11.3 Å². The highest BCUT2D eigenvalue weighted by Gasteiger charge is 2.36. The Morgan fingerprint density at radius 2 is 1.96 bits per heavy atom. The Hall–Kier alpha value is -2.78. The lowest BCUT2D eigenvalue weighted by molar-refractivity contribution is -0.145. The molecule has 0 aliphatic heterocycles. The van der Waals surface area contributed by atoms with Gasteiger partial charge in [-0.3, -0.25) is 9.59 Å². The molecule has 1 heterocycles. The third-order valence-corrected chi connectivity index (χ3v) is 4.89. The van der Waals surface area contributed by atoms with Gasteiger partial charge in [0, 0.05) is 12.7 Å². The number of benzene rings is 1. The lowest BCUT2D eigenvalue weighted by Crippen LogP contribution is -2.55. The first-order chi connectivity index (χ1) is 12.7. The van der Waals surface area contributed by atoms with Gasteiger partial charge in [0.2, 0.25) is 0 Å². The van der Waals surface area contributed by atoms with E-state index in [-0.39, 0.29) is 17.0 Å². The Balaban J connectivity index is 2.16. The summed E-state index contributed by atoms with van der Waals surface area (Å²) < 4.78 is 18.1. The van der Waals surface area contributed by atoms with Crippen LogP contribution in [0.2, 0.25) is 0 Å². The first kappa shape index (κ1) is 20.5. The van der Waals surface area contributed by atoms with E-state index in [4.69, 9.17) is 4.74 Å². The molecule has 27 heavy (non-hydrogen) atoms. The molecule has 2 aromatic rings. The standard InChI is InChI=1S/C18H19FN2O5S/c1-10-7-13(20-15(22)11-5-4-6-12(19)8-11)27-14(10)16(23)21-18(2,9-26-3)17(24)25/h4-8H,9H2,1-3H3,(H,20,22)(H,21,23)(H,24,25). The molecule has 3 N–H and O–H groups in total. The number of hydrogen-bond donors (Lipinski definition) is 3. The van der Waals surface area contributed by atoms with Gasteiger partial charge in [0.15, 0.2) is 5.54 Å². The van der Waals surface area contributed by atoms with Gasteiger partial charge in [-0.05, 0) is 43.7 Å². The fourth-order valence-electron chi connectivity index (χ4n) is 2.33. The van der Waals surface area contributed by atoms with E-state index in [1.165, 1.54) is 32.2 Å². The lowest BCUT2D eigenvalue weighted by Gasteiger charge is -2.25. The van der Waals surface area contributed by atoms with Gasteiger partial charge in [-0.15, -0.1) is 11.3 Å². The van der Waals surface area contributed by atoms with E-state index in [0.29, 0.717) is 10.6 Å². The zero-order chi connectivity index (χ0) is 20.2.